The Bertz CT molecular complexity index is 346. The van der Waals surface area contributed by atoms with Crippen LogP contribution >= 0.6 is 0 Å². The summed E-state index contributed by atoms with van der Waals surface area (Å²) >= 11 is 0. The Labute approximate surface area is 102 Å². The molecular formula is C14H20FNO. The van der Waals surface area contributed by atoms with Gasteiger partial charge >= 0.3 is 0 Å². The van der Waals surface area contributed by atoms with E-state index in [-0.39, 0.29) is 11.9 Å². The average Bonchev–Trinajstić information content (AvgIpc) is 3.10. The molecule has 94 valence electrons. The number of hydrogen-bond donors (Lipinski definition) is 0. The van der Waals surface area contributed by atoms with Gasteiger partial charge in [0, 0.05) is 6.54 Å². The molecule has 0 aromatic heterocycles. The summed E-state index contributed by atoms with van der Waals surface area (Å²) in [5, 5.41) is 0. The first-order chi connectivity index (χ1) is 8.15. The molecule has 0 radical (unpaired) electrons. The first-order valence-corrected chi connectivity index (χ1v) is 6.22. The molecule has 17 heavy (non-hydrogen) atoms. The van der Waals surface area contributed by atoms with E-state index in [1.165, 1.54) is 25.0 Å². The first kappa shape index (κ1) is 12.4. The topological polar surface area (TPSA) is 12.5 Å². The highest BCUT2D eigenvalue weighted by molar-refractivity contribution is 5.22. The molecule has 0 N–H and O–H groups in total. The van der Waals surface area contributed by atoms with E-state index in [9.17, 15) is 4.39 Å². The lowest BCUT2D eigenvalue weighted by Crippen LogP contribution is -2.25. The molecule has 0 saturated heterocycles. The van der Waals surface area contributed by atoms with Gasteiger partial charge in [-0.1, -0.05) is 0 Å². The van der Waals surface area contributed by atoms with Crippen molar-refractivity contribution in [3.63, 3.8) is 0 Å². The summed E-state index contributed by atoms with van der Waals surface area (Å²) in [6.07, 6.45) is 3.84. The summed E-state index contributed by atoms with van der Waals surface area (Å²) in [7, 11) is 4.14. The van der Waals surface area contributed by atoms with Crippen LogP contribution in [0.5, 0.6) is 5.75 Å². The van der Waals surface area contributed by atoms with E-state index in [1.54, 1.807) is 12.1 Å². The summed E-state index contributed by atoms with van der Waals surface area (Å²) in [4.78, 5) is 2.17. The smallest absolute Gasteiger partial charge is 0.123 e. The summed E-state index contributed by atoms with van der Waals surface area (Å²) in [5.41, 5.74) is 0. The van der Waals surface area contributed by atoms with Gasteiger partial charge in [-0.3, -0.25) is 0 Å². The quantitative estimate of drug-likeness (QED) is 0.754. The molecule has 0 amide bonds. The number of benzene rings is 1. The van der Waals surface area contributed by atoms with Crippen LogP contribution in [0.4, 0.5) is 4.39 Å². The molecule has 0 heterocycles. The number of ether oxygens (including phenoxy) is 1. The molecular weight excluding hydrogens is 217 g/mol. The van der Waals surface area contributed by atoms with Gasteiger partial charge in [-0.2, -0.15) is 0 Å². The maximum absolute atomic E-state index is 12.8. The fraction of sp³-hybridized carbons (Fsp3) is 0.571. The van der Waals surface area contributed by atoms with E-state index in [2.05, 4.69) is 19.0 Å². The minimum atomic E-state index is -0.214. The molecule has 1 aromatic carbocycles. The molecule has 0 bridgehead atoms. The first-order valence-electron chi connectivity index (χ1n) is 6.22. The fourth-order valence-electron chi connectivity index (χ4n) is 1.93. The summed E-state index contributed by atoms with van der Waals surface area (Å²) in [6, 6.07) is 6.32. The normalized spacial score (nSPS) is 17.2. The second kappa shape index (κ2) is 5.50. The molecule has 3 heteroatoms. The van der Waals surface area contributed by atoms with Crippen molar-refractivity contribution in [2.75, 3.05) is 20.6 Å². The standard InChI is InChI=1S/C14H20FNO/c1-16(2)10-9-14(11-3-4-11)17-13-7-5-12(15)6-8-13/h5-8,11,14H,3-4,9-10H2,1-2H3. The molecule has 1 unspecified atom stereocenters. The third kappa shape index (κ3) is 4.00. The minimum absolute atomic E-state index is 0.214. The van der Waals surface area contributed by atoms with Crippen LogP contribution in [-0.2, 0) is 0 Å². The number of hydrogen-bond acceptors (Lipinski definition) is 2. The molecule has 0 aliphatic heterocycles. The molecule has 1 saturated carbocycles. The fourth-order valence-corrected chi connectivity index (χ4v) is 1.93. The van der Waals surface area contributed by atoms with Gasteiger partial charge in [0.25, 0.3) is 0 Å². The summed E-state index contributed by atoms with van der Waals surface area (Å²) in [5.74, 6) is 1.26. The Morgan fingerprint density at radius 1 is 1.29 bits per heavy atom. The van der Waals surface area contributed by atoms with Crippen molar-refractivity contribution in [2.45, 2.75) is 25.4 Å². The highest BCUT2D eigenvalue weighted by Gasteiger charge is 2.32. The maximum atomic E-state index is 12.8. The van der Waals surface area contributed by atoms with Crippen molar-refractivity contribution < 1.29 is 9.13 Å². The third-order valence-electron chi connectivity index (χ3n) is 3.11. The van der Waals surface area contributed by atoms with Crippen molar-refractivity contribution >= 4 is 0 Å². The predicted octanol–water partition coefficient (Wildman–Crippen LogP) is 2.93. The van der Waals surface area contributed by atoms with E-state index >= 15 is 0 Å². The van der Waals surface area contributed by atoms with E-state index in [1.807, 2.05) is 0 Å². The monoisotopic (exact) mass is 237 g/mol. The second-order valence-electron chi connectivity index (χ2n) is 5.04. The van der Waals surface area contributed by atoms with Crippen molar-refractivity contribution in [3.8, 4) is 5.75 Å². The SMILES string of the molecule is CN(C)CCC(Oc1ccc(F)cc1)C1CC1. The van der Waals surface area contributed by atoms with E-state index in [0.29, 0.717) is 5.92 Å². The van der Waals surface area contributed by atoms with E-state index < -0.39 is 0 Å². The van der Waals surface area contributed by atoms with Crippen LogP contribution in [-0.4, -0.2) is 31.6 Å². The number of halogens is 1. The van der Waals surface area contributed by atoms with E-state index in [0.717, 1.165) is 18.7 Å². The molecule has 1 aliphatic rings. The zero-order valence-corrected chi connectivity index (χ0v) is 10.5. The van der Waals surface area contributed by atoms with E-state index in [4.69, 9.17) is 4.74 Å². The van der Waals surface area contributed by atoms with Crippen molar-refractivity contribution in [1.29, 1.82) is 0 Å². The average molecular weight is 237 g/mol. The van der Waals surface area contributed by atoms with Gasteiger partial charge in [0.1, 0.15) is 17.7 Å². The summed E-state index contributed by atoms with van der Waals surface area (Å²) in [6.45, 7) is 1.03. The number of nitrogens with zero attached hydrogens (tertiary/aromatic N) is 1. The molecule has 2 nitrogen and oxygen atoms in total. The van der Waals surface area contributed by atoms with Gasteiger partial charge in [-0.15, -0.1) is 0 Å². The van der Waals surface area contributed by atoms with Gasteiger partial charge in [0.05, 0.1) is 0 Å². The highest BCUT2D eigenvalue weighted by atomic mass is 19.1. The van der Waals surface area contributed by atoms with Gasteiger partial charge in [-0.05, 0) is 63.5 Å². The van der Waals surface area contributed by atoms with Crippen LogP contribution in [0.15, 0.2) is 24.3 Å². The van der Waals surface area contributed by atoms with Crippen LogP contribution in [0.25, 0.3) is 0 Å². The largest absolute Gasteiger partial charge is 0.490 e. The zero-order valence-electron chi connectivity index (χ0n) is 10.5. The molecule has 2 rings (SSSR count). The molecule has 1 atom stereocenters. The Kier molecular flexibility index (Phi) is 4.00. The zero-order chi connectivity index (χ0) is 12.3. The van der Waals surface area contributed by atoms with Crippen LogP contribution in [0.1, 0.15) is 19.3 Å². The molecule has 1 aliphatic carbocycles. The highest BCUT2D eigenvalue weighted by Crippen LogP contribution is 2.36. The Morgan fingerprint density at radius 3 is 2.47 bits per heavy atom. The van der Waals surface area contributed by atoms with Crippen molar-refractivity contribution in [1.82, 2.24) is 4.90 Å². The lowest BCUT2D eigenvalue weighted by atomic mass is 10.1. The third-order valence-corrected chi connectivity index (χ3v) is 3.11. The maximum Gasteiger partial charge on any atom is 0.123 e. The van der Waals surface area contributed by atoms with Crippen LogP contribution in [0, 0.1) is 11.7 Å². The lowest BCUT2D eigenvalue weighted by Gasteiger charge is -2.20. The Balaban J connectivity index is 1.90. The second-order valence-corrected chi connectivity index (χ2v) is 5.04. The molecule has 1 aromatic rings. The van der Waals surface area contributed by atoms with Gasteiger partial charge in [0.15, 0.2) is 0 Å². The Hall–Kier alpha value is -1.09. The van der Waals surface area contributed by atoms with Crippen molar-refractivity contribution in [2.24, 2.45) is 5.92 Å². The van der Waals surface area contributed by atoms with Gasteiger partial charge in [-0.25, -0.2) is 4.39 Å². The van der Waals surface area contributed by atoms with Gasteiger partial charge < -0.3 is 9.64 Å². The van der Waals surface area contributed by atoms with Crippen LogP contribution in [0.2, 0.25) is 0 Å². The van der Waals surface area contributed by atoms with Crippen molar-refractivity contribution in [3.05, 3.63) is 30.1 Å². The summed E-state index contributed by atoms with van der Waals surface area (Å²) < 4.78 is 18.7. The number of rotatable bonds is 6. The van der Waals surface area contributed by atoms with Crippen LogP contribution < -0.4 is 4.74 Å². The minimum Gasteiger partial charge on any atom is -0.490 e. The van der Waals surface area contributed by atoms with Gasteiger partial charge in [0.2, 0.25) is 0 Å². The molecule has 1 fully saturated rings. The lowest BCUT2D eigenvalue weighted by molar-refractivity contribution is 0.155. The molecule has 0 spiro atoms. The Morgan fingerprint density at radius 2 is 1.94 bits per heavy atom. The van der Waals surface area contributed by atoms with Crippen LogP contribution in [0.3, 0.4) is 0 Å². The predicted molar refractivity (Wildman–Crippen MR) is 66.7 cm³/mol.